The van der Waals surface area contributed by atoms with E-state index in [1.807, 2.05) is 6.21 Å². The van der Waals surface area contributed by atoms with Crippen molar-refractivity contribution in [1.82, 2.24) is 4.99 Å². The third-order valence-corrected chi connectivity index (χ3v) is 1.000. The van der Waals surface area contributed by atoms with E-state index < -0.39 is 0 Å². The molecule has 0 bridgehead atoms. The lowest BCUT2D eigenvalue weighted by Gasteiger charge is -1.86. The minimum Gasteiger partial charge on any atom is -0.0375 e. The molecule has 1 rings (SSSR count). The van der Waals surface area contributed by atoms with E-state index >= 15 is 0 Å². The van der Waals surface area contributed by atoms with Crippen LogP contribution in [0, 0.1) is 0 Å². The van der Waals surface area contributed by atoms with Crippen molar-refractivity contribution >= 4 is 6.21 Å². The molecule has 0 saturated carbocycles. The van der Waals surface area contributed by atoms with Crippen LogP contribution in [0.25, 0.3) is 0 Å². The summed E-state index contributed by atoms with van der Waals surface area (Å²) in [4.78, 5) is 4.05. The summed E-state index contributed by atoms with van der Waals surface area (Å²) in [6.45, 7) is 1.07. The Labute approximate surface area is 38.1 Å². The van der Waals surface area contributed by atoms with E-state index in [-0.39, 0.29) is 0 Å². The fourth-order valence-electron chi connectivity index (χ4n) is 0.621. The van der Waals surface area contributed by atoms with Crippen molar-refractivity contribution in [2.45, 2.75) is 19.3 Å². The minimum atomic E-state index is 1.07. The predicted octanol–water partition coefficient (Wildman–Crippen LogP) is 0.577. The summed E-state index contributed by atoms with van der Waals surface area (Å²) < 4.78 is 0. The van der Waals surface area contributed by atoms with Gasteiger partial charge >= 0.3 is 0 Å². The largest absolute Gasteiger partial charge is 0.211 e. The van der Waals surface area contributed by atoms with E-state index in [4.69, 9.17) is 0 Å². The average Bonchev–Trinajstić information content (AvgIpc) is 1.72. The molecule has 0 aromatic carbocycles. The lowest BCUT2D eigenvalue weighted by atomic mass is 10.2. The predicted molar refractivity (Wildman–Crippen MR) is 26.9 cm³/mol. The molecule has 1 heterocycles. The van der Waals surface area contributed by atoms with Crippen molar-refractivity contribution in [1.29, 1.82) is 0 Å². The summed E-state index contributed by atoms with van der Waals surface area (Å²) in [5.74, 6) is 0. The van der Waals surface area contributed by atoms with Gasteiger partial charge in [0.25, 0.3) is 0 Å². The Hall–Kier alpha value is -0.330. The third kappa shape index (κ3) is 0.814. The van der Waals surface area contributed by atoms with E-state index in [1.54, 1.807) is 0 Å². The molecule has 33 valence electrons. The fourth-order valence-corrected chi connectivity index (χ4v) is 0.621. The normalized spacial score (nSPS) is 21.3. The summed E-state index contributed by atoms with van der Waals surface area (Å²) in [5.41, 5.74) is 0. The maximum atomic E-state index is 4.05. The Balaban J connectivity index is 2.26. The van der Waals surface area contributed by atoms with Crippen LogP contribution in [0.15, 0.2) is 0 Å². The molecule has 0 unspecified atom stereocenters. The molecule has 0 saturated heterocycles. The number of nitrogens with zero attached hydrogens (tertiary/aromatic N) is 1. The average molecular weight is 83.1 g/mol. The second-order valence-corrected chi connectivity index (χ2v) is 1.58. The van der Waals surface area contributed by atoms with Gasteiger partial charge in [-0.3, -0.25) is 0 Å². The highest BCUT2D eigenvalue weighted by Crippen LogP contribution is 1.92. The van der Waals surface area contributed by atoms with Gasteiger partial charge in [-0.2, -0.15) is 0 Å². The molecule has 0 amide bonds. The Morgan fingerprint density at radius 2 is 2.33 bits per heavy atom. The molecule has 0 spiro atoms. The number of aliphatic imine (C=N–C) groups is 1. The van der Waals surface area contributed by atoms with Gasteiger partial charge in [0.2, 0.25) is 12.8 Å². The molecule has 1 aliphatic rings. The number of hydrogen-bond acceptors (Lipinski definition) is 1. The first-order valence-electron chi connectivity index (χ1n) is 2.48. The summed E-state index contributed by atoms with van der Waals surface area (Å²) in [5, 5.41) is 0. The molecule has 0 N–H and O–H groups in total. The van der Waals surface area contributed by atoms with Crippen molar-refractivity contribution in [3.05, 3.63) is 0 Å². The summed E-state index contributed by atoms with van der Waals surface area (Å²) in [6.07, 6.45) is 5.88. The smallest absolute Gasteiger partial charge is 0.0375 e. The van der Waals surface area contributed by atoms with Crippen molar-refractivity contribution in [3.63, 3.8) is 0 Å². The Bertz CT molecular complexity index is 49.0. The molecule has 0 fully saturated rings. The lowest BCUT2D eigenvalue weighted by Crippen LogP contribution is -2.01. The lowest BCUT2D eigenvalue weighted by molar-refractivity contribution is 0.713. The second-order valence-electron chi connectivity index (χ2n) is 1.58. The van der Waals surface area contributed by atoms with Gasteiger partial charge in [-0.15, -0.1) is 0 Å². The molecule has 0 aromatic rings. The standard InChI is InChI=1S/C5H9N/c1-2-4-6-5-3-1/h4H,1-3,5H2/q+1. The fraction of sp³-hybridized carbons (Fsp3) is 0.800. The van der Waals surface area contributed by atoms with Crippen molar-refractivity contribution in [3.8, 4) is 0 Å². The third-order valence-electron chi connectivity index (χ3n) is 1.000. The quantitative estimate of drug-likeness (QED) is 0.406. The Morgan fingerprint density at radius 1 is 1.33 bits per heavy atom. The van der Waals surface area contributed by atoms with Crippen LogP contribution in [0.1, 0.15) is 19.3 Å². The van der Waals surface area contributed by atoms with Gasteiger partial charge in [-0.1, -0.05) is 0 Å². The van der Waals surface area contributed by atoms with Gasteiger partial charge in [0.1, 0.15) is 0 Å². The zero-order valence-corrected chi connectivity index (χ0v) is 3.85. The van der Waals surface area contributed by atoms with E-state index in [2.05, 4.69) is 4.99 Å². The molecular formula is C5H9N+. The molecular weight excluding hydrogens is 74.1 g/mol. The topological polar surface area (TPSA) is 14.1 Å². The van der Waals surface area contributed by atoms with Crippen LogP contribution in [0.4, 0.5) is 0 Å². The van der Waals surface area contributed by atoms with Crippen LogP contribution in [0.2, 0.25) is 0 Å². The molecule has 1 aliphatic heterocycles. The zero-order chi connectivity index (χ0) is 4.24. The summed E-state index contributed by atoms with van der Waals surface area (Å²) in [7, 11) is 0. The molecule has 6 heavy (non-hydrogen) atoms. The van der Waals surface area contributed by atoms with Crippen molar-refractivity contribution in [2.24, 2.45) is 0 Å². The maximum Gasteiger partial charge on any atom is 0.211 e. The molecule has 1 heteroatoms. The van der Waals surface area contributed by atoms with Gasteiger partial charge in [-0.25, -0.2) is 0 Å². The van der Waals surface area contributed by atoms with E-state index in [0.29, 0.717) is 0 Å². The summed E-state index contributed by atoms with van der Waals surface area (Å²) >= 11 is 0. The van der Waals surface area contributed by atoms with Gasteiger partial charge in [-0.05, 0) is 6.42 Å². The maximum absolute atomic E-state index is 4.05. The first-order chi connectivity index (χ1) is 3.00. The second kappa shape index (κ2) is 1.96. The first kappa shape index (κ1) is 3.85. The van der Waals surface area contributed by atoms with E-state index in [9.17, 15) is 0 Å². The van der Waals surface area contributed by atoms with Crippen LogP contribution < -0.4 is 4.99 Å². The monoisotopic (exact) mass is 83.1 g/mol. The van der Waals surface area contributed by atoms with Gasteiger partial charge in [0, 0.05) is 17.8 Å². The first-order valence-corrected chi connectivity index (χ1v) is 2.48. The Kier molecular flexibility index (Phi) is 1.25. The van der Waals surface area contributed by atoms with Gasteiger partial charge < -0.3 is 0 Å². The van der Waals surface area contributed by atoms with Gasteiger partial charge in [0.15, 0.2) is 0 Å². The van der Waals surface area contributed by atoms with Crippen LogP contribution in [-0.4, -0.2) is 12.8 Å². The van der Waals surface area contributed by atoms with E-state index in [0.717, 1.165) is 6.54 Å². The van der Waals surface area contributed by atoms with Crippen LogP contribution in [0.3, 0.4) is 0 Å². The Morgan fingerprint density at radius 3 is 2.50 bits per heavy atom. The van der Waals surface area contributed by atoms with E-state index in [1.165, 1.54) is 19.3 Å². The minimum absolute atomic E-state index is 1.07. The molecule has 0 aromatic heterocycles. The van der Waals surface area contributed by atoms with Crippen LogP contribution in [-0.2, 0) is 0 Å². The highest BCUT2D eigenvalue weighted by atomic mass is 14.7. The molecule has 0 aliphatic carbocycles. The van der Waals surface area contributed by atoms with Crippen molar-refractivity contribution < 1.29 is 0 Å². The molecule has 1 radical (unpaired) electrons. The van der Waals surface area contributed by atoms with Crippen molar-refractivity contribution in [2.75, 3.05) is 6.54 Å². The SMILES string of the molecule is C1=[N+]CCCC1. The van der Waals surface area contributed by atoms with Gasteiger partial charge in [0.05, 0.1) is 0 Å². The zero-order valence-electron chi connectivity index (χ0n) is 3.85. The van der Waals surface area contributed by atoms with Crippen LogP contribution >= 0.6 is 0 Å². The highest BCUT2D eigenvalue weighted by Gasteiger charge is 1.99. The number of hydrogen-bond donors (Lipinski definition) is 0. The number of rotatable bonds is 0. The van der Waals surface area contributed by atoms with Crippen LogP contribution in [0.5, 0.6) is 0 Å². The highest BCUT2D eigenvalue weighted by molar-refractivity contribution is 5.56. The molecule has 0 atom stereocenters. The molecule has 1 nitrogen and oxygen atoms in total. The summed E-state index contributed by atoms with van der Waals surface area (Å²) in [6, 6.07) is 0.